The van der Waals surface area contributed by atoms with Crippen LogP contribution in [0.25, 0.3) is 0 Å². The van der Waals surface area contributed by atoms with E-state index in [4.69, 9.17) is 14.2 Å². The molecule has 2 aromatic rings. The molecule has 2 amide bonds. The van der Waals surface area contributed by atoms with E-state index in [9.17, 15) is 9.59 Å². The first kappa shape index (κ1) is 27.0. The average molecular weight is 471 g/mol. The monoisotopic (exact) mass is 470 g/mol. The number of amides is 2. The van der Waals surface area contributed by atoms with Crippen molar-refractivity contribution in [2.24, 2.45) is 0 Å². The van der Waals surface area contributed by atoms with Crippen LogP contribution in [0.3, 0.4) is 0 Å². The largest absolute Gasteiger partial charge is 0.497 e. The highest BCUT2D eigenvalue weighted by Gasteiger charge is 2.28. The van der Waals surface area contributed by atoms with Gasteiger partial charge in [-0.15, -0.1) is 0 Å². The fourth-order valence-corrected chi connectivity index (χ4v) is 3.78. The molecule has 0 bridgehead atoms. The van der Waals surface area contributed by atoms with E-state index in [-0.39, 0.29) is 18.2 Å². The van der Waals surface area contributed by atoms with E-state index < -0.39 is 6.04 Å². The summed E-state index contributed by atoms with van der Waals surface area (Å²) in [6, 6.07) is 12.7. The van der Waals surface area contributed by atoms with Crippen LogP contribution in [0.5, 0.6) is 17.2 Å². The summed E-state index contributed by atoms with van der Waals surface area (Å²) in [6.07, 6.45) is 3.26. The second-order valence-corrected chi connectivity index (χ2v) is 8.13. The van der Waals surface area contributed by atoms with E-state index in [1.807, 2.05) is 49.4 Å². The highest BCUT2D eigenvalue weighted by Crippen LogP contribution is 2.28. The summed E-state index contributed by atoms with van der Waals surface area (Å²) in [7, 11) is 4.80. The molecule has 0 spiro atoms. The number of unbranched alkanes of at least 4 members (excludes halogenated alkanes) is 1. The Labute approximate surface area is 203 Å². The minimum atomic E-state index is -0.531. The van der Waals surface area contributed by atoms with Crippen molar-refractivity contribution in [3.63, 3.8) is 0 Å². The molecule has 0 radical (unpaired) electrons. The fourth-order valence-electron chi connectivity index (χ4n) is 3.78. The maximum atomic E-state index is 13.4. The fraction of sp³-hybridized carbons (Fsp3) is 0.481. The van der Waals surface area contributed by atoms with Crippen LogP contribution in [0.2, 0.25) is 0 Å². The second kappa shape index (κ2) is 14.1. The molecule has 0 saturated carbocycles. The minimum Gasteiger partial charge on any atom is -0.497 e. The van der Waals surface area contributed by atoms with Gasteiger partial charge in [-0.3, -0.25) is 9.59 Å². The summed E-state index contributed by atoms with van der Waals surface area (Å²) in [5, 5.41) is 2.99. The zero-order valence-corrected chi connectivity index (χ0v) is 21.1. The predicted octanol–water partition coefficient (Wildman–Crippen LogP) is 4.37. The van der Waals surface area contributed by atoms with Crippen molar-refractivity contribution in [3.8, 4) is 17.2 Å². The highest BCUT2D eigenvalue weighted by atomic mass is 16.5. The topological polar surface area (TPSA) is 77.1 Å². The summed E-state index contributed by atoms with van der Waals surface area (Å²) in [5.41, 5.74) is 1.91. The highest BCUT2D eigenvalue weighted by molar-refractivity contribution is 5.87. The van der Waals surface area contributed by atoms with Crippen molar-refractivity contribution in [1.29, 1.82) is 0 Å². The Bertz CT molecular complexity index is 914. The standard InChI is InChI=1S/C27H38N2O5/c1-6-8-17-28-27(31)23(7-2)29(19-21-9-13-22(32-3)14-10-21)26(30)16-12-20-11-15-24(33-4)25(18-20)34-5/h9-11,13-15,18,23H,6-8,12,16-17,19H2,1-5H3,(H,28,31)/t23-/m1/s1. The molecule has 2 aromatic carbocycles. The van der Waals surface area contributed by atoms with Crippen LogP contribution in [-0.2, 0) is 22.6 Å². The molecule has 0 aliphatic carbocycles. The lowest BCUT2D eigenvalue weighted by Crippen LogP contribution is -2.49. The molecule has 1 atom stereocenters. The van der Waals surface area contributed by atoms with Gasteiger partial charge in [-0.2, -0.15) is 0 Å². The van der Waals surface area contributed by atoms with Crippen molar-refractivity contribution in [1.82, 2.24) is 10.2 Å². The maximum Gasteiger partial charge on any atom is 0.242 e. The summed E-state index contributed by atoms with van der Waals surface area (Å²) in [6.45, 7) is 4.99. The number of benzene rings is 2. The van der Waals surface area contributed by atoms with Crippen molar-refractivity contribution in [3.05, 3.63) is 53.6 Å². The summed E-state index contributed by atoms with van der Waals surface area (Å²) in [5.74, 6) is 1.85. The Balaban J connectivity index is 2.20. The van der Waals surface area contributed by atoms with Gasteiger partial charge in [0.15, 0.2) is 11.5 Å². The normalized spacial score (nSPS) is 11.4. The molecule has 186 valence electrons. The number of hydrogen-bond donors (Lipinski definition) is 1. The minimum absolute atomic E-state index is 0.0666. The SMILES string of the molecule is CCCCNC(=O)[C@@H](CC)N(Cc1ccc(OC)cc1)C(=O)CCc1ccc(OC)c(OC)c1. The third-order valence-electron chi connectivity index (χ3n) is 5.80. The van der Waals surface area contributed by atoms with E-state index in [1.165, 1.54) is 0 Å². The van der Waals surface area contributed by atoms with E-state index in [0.717, 1.165) is 29.7 Å². The number of carbonyl (C=O) groups is 2. The second-order valence-electron chi connectivity index (χ2n) is 8.13. The molecule has 0 heterocycles. The van der Waals surface area contributed by atoms with Crippen molar-refractivity contribution < 1.29 is 23.8 Å². The summed E-state index contributed by atoms with van der Waals surface area (Å²) in [4.78, 5) is 28.1. The Hall–Kier alpha value is -3.22. The van der Waals surface area contributed by atoms with Crippen LogP contribution in [0, 0.1) is 0 Å². The number of carbonyl (C=O) groups excluding carboxylic acids is 2. The number of rotatable bonds is 14. The van der Waals surface area contributed by atoms with Gasteiger partial charge in [-0.05, 0) is 54.7 Å². The maximum absolute atomic E-state index is 13.4. The molecule has 0 fully saturated rings. The van der Waals surface area contributed by atoms with Gasteiger partial charge in [-0.25, -0.2) is 0 Å². The van der Waals surface area contributed by atoms with Gasteiger partial charge in [0.2, 0.25) is 11.8 Å². The lowest BCUT2D eigenvalue weighted by molar-refractivity contribution is -0.141. The van der Waals surface area contributed by atoms with Gasteiger partial charge in [-0.1, -0.05) is 38.5 Å². The van der Waals surface area contributed by atoms with E-state index >= 15 is 0 Å². The van der Waals surface area contributed by atoms with E-state index in [2.05, 4.69) is 12.2 Å². The quantitative estimate of drug-likeness (QED) is 0.415. The summed E-state index contributed by atoms with van der Waals surface area (Å²) < 4.78 is 15.9. The number of nitrogens with zero attached hydrogens (tertiary/aromatic N) is 1. The molecule has 0 aliphatic heterocycles. The molecule has 0 aromatic heterocycles. The number of aryl methyl sites for hydroxylation is 1. The van der Waals surface area contributed by atoms with Gasteiger partial charge in [0.1, 0.15) is 11.8 Å². The lowest BCUT2D eigenvalue weighted by atomic mass is 10.1. The first-order chi connectivity index (χ1) is 16.5. The molecule has 7 heteroatoms. The Kier molecular flexibility index (Phi) is 11.2. The Morgan fingerprint density at radius 3 is 2.18 bits per heavy atom. The van der Waals surface area contributed by atoms with Crippen molar-refractivity contribution in [2.45, 2.75) is 58.5 Å². The van der Waals surface area contributed by atoms with Gasteiger partial charge in [0.25, 0.3) is 0 Å². The van der Waals surface area contributed by atoms with Crippen LogP contribution >= 0.6 is 0 Å². The molecular formula is C27H38N2O5. The number of hydrogen-bond acceptors (Lipinski definition) is 5. The molecule has 2 rings (SSSR count). The third kappa shape index (κ3) is 7.68. The Morgan fingerprint density at radius 2 is 1.59 bits per heavy atom. The number of methoxy groups -OCH3 is 3. The predicted molar refractivity (Wildman–Crippen MR) is 133 cm³/mol. The molecule has 0 unspecified atom stereocenters. The Morgan fingerprint density at radius 1 is 0.912 bits per heavy atom. The smallest absolute Gasteiger partial charge is 0.242 e. The van der Waals surface area contributed by atoms with Crippen molar-refractivity contribution >= 4 is 11.8 Å². The molecule has 1 N–H and O–H groups in total. The van der Waals surface area contributed by atoms with E-state index in [0.29, 0.717) is 37.4 Å². The number of nitrogens with one attached hydrogen (secondary N) is 1. The number of ether oxygens (including phenoxy) is 3. The van der Waals surface area contributed by atoms with Crippen LogP contribution in [0.4, 0.5) is 0 Å². The van der Waals surface area contributed by atoms with Crippen LogP contribution < -0.4 is 19.5 Å². The summed E-state index contributed by atoms with van der Waals surface area (Å²) >= 11 is 0. The molecular weight excluding hydrogens is 432 g/mol. The van der Waals surface area contributed by atoms with Gasteiger partial charge >= 0.3 is 0 Å². The van der Waals surface area contributed by atoms with Crippen LogP contribution in [0.15, 0.2) is 42.5 Å². The molecule has 0 aliphatic rings. The van der Waals surface area contributed by atoms with Gasteiger partial charge in [0.05, 0.1) is 21.3 Å². The molecule has 7 nitrogen and oxygen atoms in total. The van der Waals surface area contributed by atoms with Crippen molar-refractivity contribution in [2.75, 3.05) is 27.9 Å². The van der Waals surface area contributed by atoms with Gasteiger partial charge in [0, 0.05) is 19.5 Å². The molecule has 0 saturated heterocycles. The van der Waals surface area contributed by atoms with Crippen LogP contribution in [-0.4, -0.2) is 50.6 Å². The van der Waals surface area contributed by atoms with Gasteiger partial charge < -0.3 is 24.4 Å². The van der Waals surface area contributed by atoms with E-state index in [1.54, 1.807) is 26.2 Å². The van der Waals surface area contributed by atoms with Crippen LogP contribution in [0.1, 0.15) is 50.7 Å². The first-order valence-corrected chi connectivity index (χ1v) is 11.9. The first-order valence-electron chi connectivity index (χ1n) is 11.9. The zero-order valence-electron chi connectivity index (χ0n) is 21.1. The molecule has 34 heavy (non-hydrogen) atoms. The zero-order chi connectivity index (χ0) is 24.9. The average Bonchev–Trinajstić information content (AvgIpc) is 2.87. The lowest BCUT2D eigenvalue weighted by Gasteiger charge is -2.31. The third-order valence-corrected chi connectivity index (χ3v) is 5.80.